The lowest BCUT2D eigenvalue weighted by Gasteiger charge is -2.32. The molecular weight excluding hydrogens is 405 g/mol. The lowest BCUT2D eigenvalue weighted by atomic mass is 10.1. The Kier molecular flexibility index (Phi) is 7.27. The van der Waals surface area contributed by atoms with Crippen LogP contribution in [0.1, 0.15) is 59.4 Å². The van der Waals surface area contributed by atoms with Crippen LogP contribution in [0.3, 0.4) is 0 Å². The summed E-state index contributed by atoms with van der Waals surface area (Å²) in [6.07, 6.45) is -0.119. The summed E-state index contributed by atoms with van der Waals surface area (Å²) < 4.78 is 35.9. The predicted octanol–water partition coefficient (Wildman–Crippen LogP) is 4.72. The van der Waals surface area contributed by atoms with Gasteiger partial charge in [-0.2, -0.15) is 4.98 Å². The van der Waals surface area contributed by atoms with Crippen molar-refractivity contribution in [3.63, 3.8) is 0 Å². The zero-order valence-electron chi connectivity index (χ0n) is 18.6. The molecule has 0 bridgehead atoms. The van der Waals surface area contributed by atoms with Gasteiger partial charge in [-0.15, -0.1) is 0 Å². The Morgan fingerprint density at radius 3 is 2.68 bits per heavy atom. The third-order valence-corrected chi connectivity index (χ3v) is 4.80. The Balaban J connectivity index is 1.87. The average molecular weight is 435 g/mol. The van der Waals surface area contributed by atoms with Crippen molar-refractivity contribution in [1.29, 1.82) is 0 Å². The zero-order valence-corrected chi connectivity index (χ0v) is 18.6. The van der Waals surface area contributed by atoms with Crippen LogP contribution in [0.2, 0.25) is 0 Å². The fourth-order valence-corrected chi connectivity index (χ4v) is 3.52. The van der Waals surface area contributed by atoms with E-state index in [9.17, 15) is 9.18 Å². The summed E-state index contributed by atoms with van der Waals surface area (Å²) in [6.45, 7) is 10.2. The third-order valence-electron chi connectivity index (χ3n) is 4.80. The third kappa shape index (κ3) is 6.01. The quantitative estimate of drug-likeness (QED) is 0.582. The van der Waals surface area contributed by atoms with Crippen molar-refractivity contribution in [3.8, 4) is 11.5 Å². The number of aromatic nitrogens is 2. The van der Waals surface area contributed by atoms with Crippen LogP contribution in [0.25, 0.3) is 11.5 Å². The first-order chi connectivity index (χ1) is 14.7. The van der Waals surface area contributed by atoms with Gasteiger partial charge < -0.3 is 23.6 Å². The lowest BCUT2D eigenvalue weighted by Crippen LogP contribution is -2.44. The minimum atomic E-state index is -0.672. The molecule has 0 N–H and O–H groups in total. The van der Waals surface area contributed by atoms with Gasteiger partial charge in [-0.3, -0.25) is 0 Å². The van der Waals surface area contributed by atoms with Gasteiger partial charge in [0.25, 0.3) is 5.89 Å². The molecule has 2 aromatic rings. The fourth-order valence-electron chi connectivity index (χ4n) is 3.52. The maximum absolute atomic E-state index is 13.2. The van der Waals surface area contributed by atoms with Crippen molar-refractivity contribution in [2.45, 2.75) is 71.5 Å². The van der Waals surface area contributed by atoms with Gasteiger partial charge in [-0.25, -0.2) is 9.18 Å². The highest BCUT2D eigenvalue weighted by Gasteiger charge is 2.41. The largest absolute Gasteiger partial charge is 0.444 e. The summed E-state index contributed by atoms with van der Waals surface area (Å²) in [5.41, 5.74) is -0.0201. The van der Waals surface area contributed by atoms with E-state index in [1.807, 2.05) is 27.7 Å². The van der Waals surface area contributed by atoms with Gasteiger partial charge in [0, 0.05) is 18.7 Å². The maximum Gasteiger partial charge on any atom is 0.410 e. The van der Waals surface area contributed by atoms with Crippen LogP contribution in [0.5, 0.6) is 0 Å². The maximum atomic E-state index is 13.2. The number of rotatable bonds is 7. The van der Waals surface area contributed by atoms with E-state index in [2.05, 4.69) is 10.1 Å². The van der Waals surface area contributed by atoms with Crippen LogP contribution < -0.4 is 0 Å². The number of ether oxygens (including phenoxy) is 3. The second kappa shape index (κ2) is 9.74. The second-order valence-corrected chi connectivity index (χ2v) is 8.43. The molecule has 0 saturated carbocycles. The molecule has 0 radical (unpaired) electrons. The van der Waals surface area contributed by atoms with Crippen molar-refractivity contribution >= 4 is 6.09 Å². The summed E-state index contributed by atoms with van der Waals surface area (Å²) in [4.78, 5) is 18.9. The van der Waals surface area contributed by atoms with Crippen molar-refractivity contribution in [1.82, 2.24) is 15.0 Å². The molecular formula is C22H30FN3O5. The van der Waals surface area contributed by atoms with Crippen molar-refractivity contribution in [2.24, 2.45) is 0 Å². The van der Waals surface area contributed by atoms with Crippen LogP contribution in [-0.2, 0) is 14.2 Å². The normalized spacial score (nSPS) is 18.8. The Hall–Kier alpha value is -2.52. The molecule has 3 rings (SSSR count). The highest BCUT2D eigenvalue weighted by atomic mass is 19.1. The molecule has 170 valence electrons. The van der Waals surface area contributed by atoms with Crippen LogP contribution in [0.4, 0.5) is 9.18 Å². The highest BCUT2D eigenvalue weighted by molar-refractivity contribution is 5.69. The van der Waals surface area contributed by atoms with Crippen molar-refractivity contribution in [3.05, 3.63) is 35.9 Å². The average Bonchev–Trinajstić information content (AvgIpc) is 3.36. The molecule has 1 amide bonds. The molecule has 1 saturated heterocycles. The topological polar surface area (TPSA) is 86.9 Å². The first-order valence-corrected chi connectivity index (χ1v) is 10.5. The van der Waals surface area contributed by atoms with Crippen molar-refractivity contribution < 1.29 is 27.9 Å². The van der Waals surface area contributed by atoms with Crippen LogP contribution in [0, 0.1) is 5.82 Å². The molecule has 3 atom stereocenters. The molecule has 31 heavy (non-hydrogen) atoms. The number of carbonyl (C=O) groups excluding carboxylic acids is 1. The van der Waals surface area contributed by atoms with Gasteiger partial charge in [0.1, 0.15) is 17.5 Å². The Morgan fingerprint density at radius 1 is 1.32 bits per heavy atom. The molecule has 0 spiro atoms. The van der Waals surface area contributed by atoms with E-state index in [0.717, 1.165) is 6.42 Å². The lowest BCUT2D eigenvalue weighted by molar-refractivity contribution is -0.174. The predicted molar refractivity (Wildman–Crippen MR) is 111 cm³/mol. The molecule has 0 aliphatic carbocycles. The van der Waals surface area contributed by atoms with E-state index in [0.29, 0.717) is 31.0 Å². The Morgan fingerprint density at radius 2 is 2.03 bits per heavy atom. The van der Waals surface area contributed by atoms with Crippen molar-refractivity contribution in [2.75, 3.05) is 13.2 Å². The number of nitrogens with zero attached hydrogens (tertiary/aromatic N) is 3. The molecule has 2 heterocycles. The Labute approximate surface area is 181 Å². The summed E-state index contributed by atoms with van der Waals surface area (Å²) in [7, 11) is 0. The van der Waals surface area contributed by atoms with E-state index in [1.165, 1.54) is 12.1 Å². The Bertz CT molecular complexity index is 865. The first-order valence-electron chi connectivity index (χ1n) is 10.5. The minimum Gasteiger partial charge on any atom is -0.444 e. The molecule has 1 aromatic heterocycles. The number of hydrogen-bond donors (Lipinski definition) is 0. The number of hydrogen-bond acceptors (Lipinski definition) is 7. The molecule has 9 heteroatoms. The zero-order chi connectivity index (χ0) is 22.6. The van der Waals surface area contributed by atoms with E-state index in [-0.39, 0.29) is 17.7 Å². The molecule has 1 fully saturated rings. The van der Waals surface area contributed by atoms with Crippen LogP contribution in [-0.4, -0.2) is 52.2 Å². The standard InChI is InChI=1S/C22H30FN3O5/c1-6-28-14(2)29-18(17-8-7-13-26(17)21(27)30-22(3,4)5)19-24-20(31-25-19)15-9-11-16(23)12-10-15/h9-12,14,17-18H,6-8,13H2,1-5H3. The smallest absolute Gasteiger partial charge is 0.410 e. The number of halogens is 1. The summed E-state index contributed by atoms with van der Waals surface area (Å²) >= 11 is 0. The van der Waals surface area contributed by atoms with E-state index in [1.54, 1.807) is 24.0 Å². The molecule has 1 aromatic carbocycles. The summed E-state index contributed by atoms with van der Waals surface area (Å²) in [5.74, 6) is 0.190. The number of carbonyl (C=O) groups is 1. The van der Waals surface area contributed by atoms with Gasteiger partial charge in [0.05, 0.1) is 6.04 Å². The van der Waals surface area contributed by atoms with Gasteiger partial charge >= 0.3 is 6.09 Å². The van der Waals surface area contributed by atoms with Gasteiger partial charge in [0.15, 0.2) is 6.29 Å². The fraction of sp³-hybridized carbons (Fsp3) is 0.591. The number of amides is 1. The highest BCUT2D eigenvalue weighted by Crippen LogP contribution is 2.34. The van der Waals surface area contributed by atoms with E-state index < -0.39 is 24.1 Å². The minimum absolute atomic E-state index is 0.245. The summed E-state index contributed by atoms with van der Waals surface area (Å²) in [5, 5.41) is 4.10. The molecule has 1 aliphatic rings. The monoisotopic (exact) mass is 435 g/mol. The SMILES string of the molecule is CCOC(C)OC(c1noc(-c2ccc(F)cc2)n1)C1CCCN1C(=O)OC(C)(C)C. The molecule has 3 unspecified atom stereocenters. The van der Waals surface area contributed by atoms with Gasteiger partial charge in [-0.1, -0.05) is 5.16 Å². The van der Waals surface area contributed by atoms with E-state index >= 15 is 0 Å². The van der Waals surface area contributed by atoms with Gasteiger partial charge in [0.2, 0.25) is 5.82 Å². The first kappa shape index (κ1) is 23.1. The second-order valence-electron chi connectivity index (χ2n) is 8.43. The van der Waals surface area contributed by atoms with E-state index in [4.69, 9.17) is 18.7 Å². The van der Waals surface area contributed by atoms with Gasteiger partial charge in [-0.05, 0) is 71.7 Å². The van der Waals surface area contributed by atoms with Crippen LogP contribution >= 0.6 is 0 Å². The van der Waals surface area contributed by atoms with Crippen LogP contribution in [0.15, 0.2) is 28.8 Å². The molecule has 8 nitrogen and oxygen atoms in total. The number of likely N-dealkylation sites (tertiary alicyclic amines) is 1. The summed E-state index contributed by atoms with van der Waals surface area (Å²) in [6, 6.07) is 5.44. The molecule has 1 aliphatic heterocycles. The number of benzene rings is 1.